The summed E-state index contributed by atoms with van der Waals surface area (Å²) in [6.45, 7) is 2.60. The standard InChI is InChI=1S/C12H14N4O/c1-9-3-5-10(6-4-9)8-16(2)12(17)11-7-13-15-14-11/h3-7H,8H2,1-2H3,(H,13,14,15). The number of carbonyl (C=O) groups excluding carboxylic acids is 1. The highest BCUT2D eigenvalue weighted by molar-refractivity contribution is 5.91. The van der Waals surface area contributed by atoms with Crippen LogP contribution in [0.15, 0.2) is 30.5 Å². The Morgan fingerprint density at radius 1 is 1.35 bits per heavy atom. The number of aromatic nitrogens is 3. The van der Waals surface area contributed by atoms with E-state index in [1.807, 2.05) is 31.2 Å². The lowest BCUT2D eigenvalue weighted by molar-refractivity contribution is 0.0779. The number of H-pyrrole nitrogens is 1. The number of nitrogens with one attached hydrogen (secondary N) is 1. The Balaban J connectivity index is 2.04. The van der Waals surface area contributed by atoms with E-state index in [0.29, 0.717) is 12.2 Å². The summed E-state index contributed by atoms with van der Waals surface area (Å²) >= 11 is 0. The minimum Gasteiger partial charge on any atom is -0.336 e. The summed E-state index contributed by atoms with van der Waals surface area (Å²) in [6, 6.07) is 8.09. The summed E-state index contributed by atoms with van der Waals surface area (Å²) in [4.78, 5) is 13.5. The summed E-state index contributed by atoms with van der Waals surface area (Å²) in [5, 5.41) is 9.82. The van der Waals surface area contributed by atoms with E-state index >= 15 is 0 Å². The van der Waals surface area contributed by atoms with Gasteiger partial charge >= 0.3 is 0 Å². The minimum absolute atomic E-state index is 0.140. The highest BCUT2D eigenvalue weighted by atomic mass is 16.2. The SMILES string of the molecule is Cc1ccc(CN(C)C(=O)c2cn[nH]n2)cc1. The second kappa shape index (κ2) is 4.78. The summed E-state index contributed by atoms with van der Waals surface area (Å²) in [5.74, 6) is -0.140. The molecule has 1 heterocycles. The first-order valence-electron chi connectivity index (χ1n) is 5.33. The van der Waals surface area contributed by atoms with Gasteiger partial charge in [-0.2, -0.15) is 15.4 Å². The van der Waals surface area contributed by atoms with Gasteiger partial charge in [0.25, 0.3) is 5.91 Å². The zero-order valence-corrected chi connectivity index (χ0v) is 9.84. The molecule has 5 heteroatoms. The number of amides is 1. The van der Waals surface area contributed by atoms with Crippen molar-refractivity contribution in [3.63, 3.8) is 0 Å². The van der Waals surface area contributed by atoms with Gasteiger partial charge in [-0.3, -0.25) is 4.79 Å². The highest BCUT2D eigenvalue weighted by Gasteiger charge is 2.14. The quantitative estimate of drug-likeness (QED) is 0.866. The van der Waals surface area contributed by atoms with Crippen molar-refractivity contribution in [2.45, 2.75) is 13.5 Å². The normalized spacial score (nSPS) is 10.2. The maximum Gasteiger partial charge on any atom is 0.276 e. The first-order chi connectivity index (χ1) is 8.16. The van der Waals surface area contributed by atoms with Gasteiger partial charge in [0.15, 0.2) is 5.69 Å². The van der Waals surface area contributed by atoms with Crippen molar-refractivity contribution in [3.05, 3.63) is 47.3 Å². The predicted octanol–water partition coefficient (Wildman–Crippen LogP) is 1.39. The average Bonchev–Trinajstić information content (AvgIpc) is 2.84. The molecular formula is C12H14N4O. The van der Waals surface area contributed by atoms with Crippen LogP contribution in [0.2, 0.25) is 0 Å². The molecule has 0 atom stereocenters. The number of aryl methyl sites for hydroxylation is 1. The van der Waals surface area contributed by atoms with Gasteiger partial charge in [0.2, 0.25) is 0 Å². The predicted molar refractivity (Wildman–Crippen MR) is 63.4 cm³/mol. The molecule has 0 aliphatic rings. The van der Waals surface area contributed by atoms with Gasteiger partial charge in [-0.05, 0) is 12.5 Å². The van der Waals surface area contributed by atoms with Crippen molar-refractivity contribution in [2.24, 2.45) is 0 Å². The smallest absolute Gasteiger partial charge is 0.276 e. The molecule has 1 amide bonds. The molecule has 0 saturated heterocycles. The lowest BCUT2D eigenvalue weighted by Crippen LogP contribution is -2.26. The highest BCUT2D eigenvalue weighted by Crippen LogP contribution is 2.07. The Hall–Kier alpha value is -2.17. The maximum atomic E-state index is 11.9. The van der Waals surface area contributed by atoms with Gasteiger partial charge in [-0.15, -0.1) is 0 Å². The molecule has 0 fully saturated rings. The molecule has 1 N–H and O–H groups in total. The van der Waals surface area contributed by atoms with Crippen molar-refractivity contribution in [2.75, 3.05) is 7.05 Å². The van der Waals surface area contributed by atoms with Crippen LogP contribution in [-0.2, 0) is 6.54 Å². The van der Waals surface area contributed by atoms with Crippen molar-refractivity contribution in [1.82, 2.24) is 20.3 Å². The Bertz CT molecular complexity index is 490. The van der Waals surface area contributed by atoms with Crippen LogP contribution in [-0.4, -0.2) is 33.3 Å². The van der Waals surface area contributed by atoms with Crippen molar-refractivity contribution < 1.29 is 4.79 Å². The molecule has 1 aromatic carbocycles. The fourth-order valence-corrected chi connectivity index (χ4v) is 1.54. The molecule has 0 aliphatic carbocycles. The van der Waals surface area contributed by atoms with Crippen LogP contribution in [0.5, 0.6) is 0 Å². The zero-order chi connectivity index (χ0) is 12.3. The molecule has 0 spiro atoms. The van der Waals surface area contributed by atoms with Gasteiger partial charge in [0.1, 0.15) is 0 Å². The van der Waals surface area contributed by atoms with Crippen LogP contribution in [0.3, 0.4) is 0 Å². The first-order valence-corrected chi connectivity index (χ1v) is 5.33. The van der Waals surface area contributed by atoms with Crippen LogP contribution < -0.4 is 0 Å². The molecule has 0 radical (unpaired) electrons. The van der Waals surface area contributed by atoms with E-state index in [-0.39, 0.29) is 5.91 Å². The third-order valence-electron chi connectivity index (χ3n) is 2.52. The van der Waals surface area contributed by atoms with Crippen molar-refractivity contribution in [1.29, 1.82) is 0 Å². The maximum absolute atomic E-state index is 11.9. The molecule has 2 aromatic rings. The number of benzene rings is 1. The molecule has 88 valence electrons. The van der Waals surface area contributed by atoms with Crippen LogP contribution in [0, 0.1) is 6.92 Å². The van der Waals surface area contributed by atoms with Crippen molar-refractivity contribution in [3.8, 4) is 0 Å². The molecular weight excluding hydrogens is 216 g/mol. The monoisotopic (exact) mass is 230 g/mol. The van der Waals surface area contributed by atoms with E-state index in [1.54, 1.807) is 11.9 Å². The Morgan fingerprint density at radius 3 is 2.65 bits per heavy atom. The molecule has 17 heavy (non-hydrogen) atoms. The van der Waals surface area contributed by atoms with E-state index < -0.39 is 0 Å². The molecule has 2 rings (SSSR count). The molecule has 0 aliphatic heterocycles. The third kappa shape index (κ3) is 2.69. The second-order valence-corrected chi connectivity index (χ2v) is 4.00. The number of aromatic amines is 1. The Morgan fingerprint density at radius 2 is 2.06 bits per heavy atom. The van der Waals surface area contributed by atoms with Gasteiger partial charge < -0.3 is 4.90 Å². The summed E-state index contributed by atoms with van der Waals surface area (Å²) < 4.78 is 0. The molecule has 0 bridgehead atoms. The third-order valence-corrected chi connectivity index (χ3v) is 2.52. The fourth-order valence-electron chi connectivity index (χ4n) is 1.54. The van der Waals surface area contributed by atoms with Gasteiger partial charge in [0.05, 0.1) is 6.20 Å². The van der Waals surface area contributed by atoms with Gasteiger partial charge in [-0.1, -0.05) is 29.8 Å². The fraction of sp³-hybridized carbons (Fsp3) is 0.250. The summed E-state index contributed by atoms with van der Waals surface area (Å²) in [7, 11) is 1.75. The molecule has 1 aromatic heterocycles. The Labute approximate surface area is 99.5 Å². The first kappa shape index (κ1) is 11.3. The molecule has 5 nitrogen and oxygen atoms in total. The molecule has 0 saturated carbocycles. The summed E-state index contributed by atoms with van der Waals surface area (Å²) in [6.07, 6.45) is 1.42. The number of hydrogen-bond acceptors (Lipinski definition) is 3. The summed E-state index contributed by atoms with van der Waals surface area (Å²) in [5.41, 5.74) is 2.63. The Kier molecular flexibility index (Phi) is 3.18. The largest absolute Gasteiger partial charge is 0.336 e. The van der Waals surface area contributed by atoms with Crippen LogP contribution >= 0.6 is 0 Å². The van der Waals surface area contributed by atoms with E-state index in [0.717, 1.165) is 5.56 Å². The van der Waals surface area contributed by atoms with E-state index in [9.17, 15) is 4.79 Å². The van der Waals surface area contributed by atoms with Crippen LogP contribution in [0.1, 0.15) is 21.6 Å². The van der Waals surface area contributed by atoms with Crippen LogP contribution in [0.4, 0.5) is 0 Å². The van der Waals surface area contributed by atoms with E-state index in [4.69, 9.17) is 0 Å². The van der Waals surface area contributed by atoms with Crippen LogP contribution in [0.25, 0.3) is 0 Å². The van der Waals surface area contributed by atoms with E-state index in [2.05, 4.69) is 15.4 Å². The molecule has 0 unspecified atom stereocenters. The minimum atomic E-state index is -0.140. The average molecular weight is 230 g/mol. The van der Waals surface area contributed by atoms with Crippen molar-refractivity contribution >= 4 is 5.91 Å². The van der Waals surface area contributed by atoms with Gasteiger partial charge in [-0.25, -0.2) is 0 Å². The number of nitrogens with zero attached hydrogens (tertiary/aromatic N) is 3. The number of rotatable bonds is 3. The topological polar surface area (TPSA) is 61.9 Å². The second-order valence-electron chi connectivity index (χ2n) is 4.00. The van der Waals surface area contributed by atoms with E-state index in [1.165, 1.54) is 11.8 Å². The lowest BCUT2D eigenvalue weighted by atomic mass is 10.1. The lowest BCUT2D eigenvalue weighted by Gasteiger charge is -2.15. The number of carbonyl (C=O) groups is 1. The van der Waals surface area contributed by atoms with Gasteiger partial charge in [0, 0.05) is 13.6 Å². The zero-order valence-electron chi connectivity index (χ0n) is 9.84. The number of hydrogen-bond donors (Lipinski definition) is 1.